The molecule has 0 saturated heterocycles. The van der Waals surface area contributed by atoms with Crippen molar-refractivity contribution >= 4 is 34.1 Å². The average Bonchev–Trinajstić information content (AvgIpc) is 3.26. The maximum absolute atomic E-state index is 2.41. The first-order valence-corrected chi connectivity index (χ1v) is 22.6. The van der Waals surface area contributed by atoms with E-state index in [1.165, 1.54) is 119 Å². The molecule has 0 aliphatic carbocycles. The van der Waals surface area contributed by atoms with Crippen molar-refractivity contribution in [1.82, 2.24) is 0 Å². The van der Waals surface area contributed by atoms with E-state index in [0.29, 0.717) is 5.92 Å². The lowest BCUT2D eigenvalue weighted by Crippen LogP contribution is -2.13. The molecule has 2 heteroatoms. The van der Waals surface area contributed by atoms with Crippen LogP contribution in [0.1, 0.15) is 132 Å². The van der Waals surface area contributed by atoms with Gasteiger partial charge in [0.25, 0.3) is 0 Å². The van der Waals surface area contributed by atoms with Crippen LogP contribution in [0, 0.1) is 5.92 Å². The molecule has 6 aromatic carbocycles. The summed E-state index contributed by atoms with van der Waals surface area (Å²) in [6.07, 6.45) is 14.3. The van der Waals surface area contributed by atoms with Crippen molar-refractivity contribution in [2.45, 2.75) is 125 Å². The molecule has 0 radical (unpaired) electrons. The second kappa shape index (κ2) is 21.6. The summed E-state index contributed by atoms with van der Waals surface area (Å²) in [7, 11) is 0. The van der Waals surface area contributed by atoms with Crippen LogP contribution >= 0.6 is 0 Å². The minimum atomic E-state index is 0.274. The lowest BCUT2D eigenvalue weighted by molar-refractivity contribution is 0.564. The number of anilines is 6. The van der Waals surface area contributed by atoms with Gasteiger partial charge in [-0.2, -0.15) is 0 Å². The average molecular weight is 769 g/mol. The largest absolute Gasteiger partial charge is 0.311 e. The Kier molecular flexibility index (Phi) is 15.8. The molecule has 0 spiro atoms. The lowest BCUT2D eigenvalue weighted by atomic mass is 9.82. The Balaban J connectivity index is 1.29. The van der Waals surface area contributed by atoms with Crippen molar-refractivity contribution in [3.8, 4) is 0 Å². The molecule has 2 nitrogen and oxygen atoms in total. The van der Waals surface area contributed by atoms with Gasteiger partial charge in [-0.3, -0.25) is 0 Å². The summed E-state index contributed by atoms with van der Waals surface area (Å²) in [4.78, 5) is 4.83. The van der Waals surface area contributed by atoms with Gasteiger partial charge >= 0.3 is 0 Å². The molecule has 0 heterocycles. The fourth-order valence-corrected chi connectivity index (χ4v) is 8.29. The van der Waals surface area contributed by atoms with Gasteiger partial charge < -0.3 is 9.80 Å². The first-order valence-electron chi connectivity index (χ1n) is 22.6. The van der Waals surface area contributed by atoms with E-state index in [0.717, 1.165) is 25.7 Å². The van der Waals surface area contributed by atoms with Gasteiger partial charge in [-0.1, -0.05) is 140 Å². The van der Waals surface area contributed by atoms with E-state index in [1.807, 2.05) is 0 Å². The van der Waals surface area contributed by atoms with E-state index in [2.05, 4.69) is 197 Å². The summed E-state index contributed by atoms with van der Waals surface area (Å²) in [5, 5.41) is 0. The molecule has 0 bridgehead atoms. The van der Waals surface area contributed by atoms with Crippen LogP contribution in [0.15, 0.2) is 146 Å². The molecule has 0 aromatic heterocycles. The van der Waals surface area contributed by atoms with Crippen LogP contribution in [0.25, 0.3) is 0 Å². The zero-order chi connectivity index (χ0) is 40.7. The highest BCUT2D eigenvalue weighted by Crippen LogP contribution is 2.40. The zero-order valence-electron chi connectivity index (χ0n) is 36.4. The monoisotopic (exact) mass is 769 g/mol. The van der Waals surface area contributed by atoms with Crippen molar-refractivity contribution in [2.24, 2.45) is 5.92 Å². The first kappa shape index (κ1) is 42.5. The summed E-state index contributed by atoms with van der Waals surface area (Å²) in [5.74, 6) is 0.706. The third kappa shape index (κ3) is 11.1. The molecular formula is C56H68N2. The van der Waals surface area contributed by atoms with Crippen LogP contribution in [0.5, 0.6) is 0 Å². The predicted molar refractivity (Wildman–Crippen MR) is 253 cm³/mol. The smallest absolute Gasteiger partial charge is 0.0461 e. The minimum Gasteiger partial charge on any atom is -0.311 e. The SMILES string of the molecule is CCCCc1ccc(N(c2ccc(CCCC)cc2)c2ccc(C(c3ccc(N(c4ccc(CCCC)cc4)c4ccc(CCCC)cc4)cc3)C(C)C)cc2)cc1. The van der Waals surface area contributed by atoms with E-state index in [4.69, 9.17) is 0 Å². The summed E-state index contributed by atoms with van der Waals surface area (Å²) in [5.41, 5.74) is 15.5. The highest BCUT2D eigenvalue weighted by atomic mass is 15.1. The van der Waals surface area contributed by atoms with E-state index in [-0.39, 0.29) is 5.92 Å². The van der Waals surface area contributed by atoms with Gasteiger partial charge in [0.1, 0.15) is 0 Å². The molecule has 0 amide bonds. The second-order valence-electron chi connectivity index (χ2n) is 16.7. The van der Waals surface area contributed by atoms with E-state index >= 15 is 0 Å². The molecule has 0 saturated carbocycles. The molecular weight excluding hydrogens is 701 g/mol. The minimum absolute atomic E-state index is 0.274. The van der Waals surface area contributed by atoms with Crippen molar-refractivity contribution in [3.63, 3.8) is 0 Å². The number of hydrogen-bond donors (Lipinski definition) is 0. The Bertz CT molecular complexity index is 1800. The summed E-state index contributed by atoms with van der Waals surface area (Å²) < 4.78 is 0. The number of aryl methyl sites for hydroxylation is 4. The quantitative estimate of drug-likeness (QED) is 0.0719. The number of benzene rings is 6. The van der Waals surface area contributed by atoms with Crippen molar-refractivity contribution in [1.29, 1.82) is 0 Å². The third-order valence-electron chi connectivity index (χ3n) is 11.7. The maximum atomic E-state index is 2.41. The molecule has 302 valence electrons. The molecule has 58 heavy (non-hydrogen) atoms. The van der Waals surface area contributed by atoms with E-state index < -0.39 is 0 Å². The van der Waals surface area contributed by atoms with Gasteiger partial charge in [-0.05, 0) is 163 Å². The molecule has 0 aliphatic rings. The molecule has 0 atom stereocenters. The van der Waals surface area contributed by atoms with Crippen LogP contribution in [-0.2, 0) is 25.7 Å². The van der Waals surface area contributed by atoms with Gasteiger partial charge in [0, 0.05) is 40.0 Å². The van der Waals surface area contributed by atoms with Crippen LogP contribution in [0.4, 0.5) is 34.1 Å². The Hall–Kier alpha value is -5.08. The molecule has 0 fully saturated rings. The third-order valence-corrected chi connectivity index (χ3v) is 11.7. The Morgan fingerprint density at radius 1 is 0.310 bits per heavy atom. The van der Waals surface area contributed by atoms with Crippen molar-refractivity contribution in [3.05, 3.63) is 179 Å². The molecule has 0 N–H and O–H groups in total. The number of rotatable bonds is 21. The fraction of sp³-hybridized carbons (Fsp3) is 0.357. The molecule has 0 unspecified atom stereocenters. The highest BCUT2D eigenvalue weighted by molar-refractivity contribution is 5.78. The summed E-state index contributed by atoms with van der Waals surface area (Å²) in [6.45, 7) is 13.8. The summed E-state index contributed by atoms with van der Waals surface area (Å²) in [6, 6.07) is 55.6. The molecule has 6 aromatic rings. The van der Waals surface area contributed by atoms with Gasteiger partial charge in [0.2, 0.25) is 0 Å². The van der Waals surface area contributed by atoms with Gasteiger partial charge in [0.05, 0.1) is 0 Å². The second-order valence-corrected chi connectivity index (χ2v) is 16.7. The first-order chi connectivity index (χ1) is 28.4. The van der Waals surface area contributed by atoms with Gasteiger partial charge in [-0.25, -0.2) is 0 Å². The Morgan fingerprint density at radius 3 is 0.707 bits per heavy atom. The highest BCUT2D eigenvalue weighted by Gasteiger charge is 2.21. The number of hydrogen-bond acceptors (Lipinski definition) is 2. The van der Waals surface area contributed by atoms with Crippen LogP contribution in [0.2, 0.25) is 0 Å². The standard InChI is InChI=1S/C56H68N2/c1-7-11-15-44-19-31-50(32-20-44)57(51-33-21-45(22-34-51)16-12-8-2)54-39-27-48(28-40-54)56(43(5)6)49-29-41-55(42-30-49)58(52-35-23-46(24-36-52)17-13-9-3)53-37-25-47(26-38-53)18-14-10-4/h19-43,56H,7-18H2,1-6H3. The molecule has 6 rings (SSSR count). The van der Waals surface area contributed by atoms with Crippen LogP contribution in [0.3, 0.4) is 0 Å². The van der Waals surface area contributed by atoms with E-state index in [1.54, 1.807) is 0 Å². The zero-order valence-corrected chi connectivity index (χ0v) is 36.4. The fourth-order valence-electron chi connectivity index (χ4n) is 8.29. The Morgan fingerprint density at radius 2 is 0.517 bits per heavy atom. The van der Waals surface area contributed by atoms with Crippen molar-refractivity contribution < 1.29 is 0 Å². The number of unbranched alkanes of at least 4 members (excludes halogenated alkanes) is 4. The molecule has 0 aliphatic heterocycles. The van der Waals surface area contributed by atoms with Crippen molar-refractivity contribution in [2.75, 3.05) is 9.80 Å². The lowest BCUT2D eigenvalue weighted by Gasteiger charge is -2.28. The topological polar surface area (TPSA) is 6.48 Å². The maximum Gasteiger partial charge on any atom is 0.0461 e. The van der Waals surface area contributed by atoms with Gasteiger partial charge in [-0.15, -0.1) is 0 Å². The number of nitrogens with zero attached hydrogens (tertiary/aromatic N) is 2. The normalized spacial score (nSPS) is 11.4. The van der Waals surface area contributed by atoms with Crippen LogP contribution < -0.4 is 9.80 Å². The van der Waals surface area contributed by atoms with Crippen LogP contribution in [-0.4, -0.2) is 0 Å². The van der Waals surface area contributed by atoms with E-state index in [9.17, 15) is 0 Å². The summed E-state index contributed by atoms with van der Waals surface area (Å²) >= 11 is 0. The van der Waals surface area contributed by atoms with Gasteiger partial charge in [0.15, 0.2) is 0 Å². The predicted octanol–water partition coefficient (Wildman–Crippen LogP) is 16.8. The Labute approximate surface area is 352 Å².